The van der Waals surface area contributed by atoms with Crippen molar-refractivity contribution in [2.75, 3.05) is 5.73 Å². The molecule has 1 fully saturated rings. The number of aromatic nitrogens is 4. The average molecular weight is 391 g/mol. The first-order valence-electron chi connectivity index (χ1n) is 8.44. The number of H-pyrrole nitrogens is 1. The fraction of sp³-hybridized carbons (Fsp3) is 0.667. The van der Waals surface area contributed by atoms with Gasteiger partial charge in [-0.2, -0.15) is 18.2 Å². The highest BCUT2D eigenvalue weighted by Crippen LogP contribution is 2.36. The van der Waals surface area contributed by atoms with Crippen molar-refractivity contribution < 1.29 is 23.0 Å². The van der Waals surface area contributed by atoms with E-state index in [0.29, 0.717) is 17.4 Å². The third kappa shape index (κ3) is 3.46. The Balaban J connectivity index is 2.20. The van der Waals surface area contributed by atoms with Crippen LogP contribution in [0.1, 0.15) is 32.9 Å². The molecule has 0 bridgehead atoms. The van der Waals surface area contributed by atoms with Crippen molar-refractivity contribution in [2.45, 2.75) is 57.8 Å². The number of rotatable bonds is 4. The molecule has 0 spiro atoms. The summed E-state index contributed by atoms with van der Waals surface area (Å²) in [6.45, 7) is 1.85. The van der Waals surface area contributed by atoms with E-state index in [0.717, 1.165) is 4.57 Å². The number of halogens is 3. The van der Waals surface area contributed by atoms with E-state index in [1.165, 1.54) is 0 Å². The molecule has 1 aliphatic rings. The molecule has 0 amide bonds. The Morgan fingerprint density at radius 2 is 2.11 bits per heavy atom. The van der Waals surface area contributed by atoms with Crippen molar-refractivity contribution in [1.29, 1.82) is 0 Å². The monoisotopic (exact) mass is 391 g/mol. The first-order valence-corrected chi connectivity index (χ1v) is 8.44. The fourth-order valence-corrected chi connectivity index (χ4v) is 3.43. The van der Waals surface area contributed by atoms with Gasteiger partial charge in [-0.1, -0.05) is 13.8 Å². The summed E-state index contributed by atoms with van der Waals surface area (Å²) < 4.78 is 45.8. The molecule has 27 heavy (non-hydrogen) atoms. The number of hydrogen-bond donors (Lipinski definition) is 3. The van der Waals surface area contributed by atoms with Crippen molar-refractivity contribution in [1.82, 2.24) is 19.1 Å². The Labute approximate surface area is 150 Å². The smallest absolute Gasteiger partial charge is 0.390 e. The molecular weight excluding hydrogens is 371 g/mol. The number of aromatic amines is 1. The van der Waals surface area contributed by atoms with Crippen LogP contribution >= 0.6 is 0 Å². The predicted molar refractivity (Wildman–Crippen MR) is 89.1 cm³/mol. The minimum Gasteiger partial charge on any atom is -0.390 e. The van der Waals surface area contributed by atoms with E-state index in [2.05, 4.69) is 9.97 Å². The number of ether oxygens (including phenoxy) is 1. The zero-order valence-electron chi connectivity index (χ0n) is 14.7. The SMILES string of the molecule is CC[C@H](O)[C@@H]1C[C@@H](C)[C@H](n2c(=O)n(CC(F)(F)F)c3c(=O)[nH]c(N)nc32)O1. The van der Waals surface area contributed by atoms with Gasteiger partial charge >= 0.3 is 11.9 Å². The van der Waals surface area contributed by atoms with Crippen molar-refractivity contribution in [3.05, 3.63) is 20.8 Å². The standard InChI is InChI=1S/C15H20F3N5O4/c1-3-7(24)8-4-6(2)12(27-8)23-10-9(11(25)21-13(19)20-10)22(14(23)26)5-15(16,17)18/h6-8,12,24H,3-5H2,1-2H3,(H3,19,20,21,25)/t6-,7+,8+,12-/m1/s1. The van der Waals surface area contributed by atoms with E-state index >= 15 is 0 Å². The number of nitrogen functional groups attached to an aromatic ring is 1. The van der Waals surface area contributed by atoms with Crippen molar-refractivity contribution >= 4 is 17.1 Å². The summed E-state index contributed by atoms with van der Waals surface area (Å²) in [5.74, 6) is -0.637. The van der Waals surface area contributed by atoms with E-state index in [-0.39, 0.29) is 17.5 Å². The lowest BCUT2D eigenvalue weighted by Gasteiger charge is -2.19. The maximum atomic E-state index is 12.9. The highest BCUT2D eigenvalue weighted by Gasteiger charge is 2.40. The van der Waals surface area contributed by atoms with Crippen LogP contribution in [0.5, 0.6) is 0 Å². The highest BCUT2D eigenvalue weighted by atomic mass is 19.4. The molecule has 0 unspecified atom stereocenters. The molecule has 2 aromatic heterocycles. The van der Waals surface area contributed by atoms with Crippen LogP contribution in [0.15, 0.2) is 9.59 Å². The van der Waals surface area contributed by atoms with Gasteiger partial charge in [0, 0.05) is 5.92 Å². The van der Waals surface area contributed by atoms with Gasteiger partial charge in [-0.05, 0) is 12.8 Å². The van der Waals surface area contributed by atoms with Crippen LogP contribution in [0.4, 0.5) is 19.1 Å². The van der Waals surface area contributed by atoms with Gasteiger partial charge in [0.15, 0.2) is 11.2 Å². The van der Waals surface area contributed by atoms with Gasteiger partial charge < -0.3 is 15.6 Å². The second-order valence-electron chi connectivity index (χ2n) is 6.73. The lowest BCUT2D eigenvalue weighted by molar-refractivity contribution is -0.140. The summed E-state index contributed by atoms with van der Waals surface area (Å²) in [5, 5.41) is 10.0. The van der Waals surface area contributed by atoms with Gasteiger partial charge in [0.2, 0.25) is 5.95 Å². The number of nitrogens with one attached hydrogen (secondary N) is 1. The van der Waals surface area contributed by atoms with Crippen LogP contribution in [0.25, 0.3) is 11.2 Å². The largest absolute Gasteiger partial charge is 0.406 e. The molecule has 4 atom stereocenters. The number of hydrogen-bond acceptors (Lipinski definition) is 6. The van der Waals surface area contributed by atoms with Crippen LogP contribution in [0.2, 0.25) is 0 Å². The van der Waals surface area contributed by atoms with E-state index in [9.17, 15) is 27.9 Å². The van der Waals surface area contributed by atoms with E-state index < -0.39 is 47.9 Å². The molecule has 0 aliphatic carbocycles. The Kier molecular flexibility index (Phi) is 4.80. The average Bonchev–Trinajstić information content (AvgIpc) is 3.04. The summed E-state index contributed by atoms with van der Waals surface area (Å²) in [5.41, 5.74) is 2.68. The molecule has 12 heteroatoms. The third-order valence-corrected chi connectivity index (χ3v) is 4.67. The summed E-state index contributed by atoms with van der Waals surface area (Å²) >= 11 is 0. The lowest BCUT2D eigenvalue weighted by atomic mass is 10.0. The minimum absolute atomic E-state index is 0.283. The summed E-state index contributed by atoms with van der Waals surface area (Å²) in [7, 11) is 0. The van der Waals surface area contributed by atoms with Crippen molar-refractivity contribution in [3.8, 4) is 0 Å². The molecule has 2 aromatic rings. The van der Waals surface area contributed by atoms with Gasteiger partial charge in [-0.25, -0.2) is 9.36 Å². The number of aliphatic hydroxyl groups excluding tert-OH is 1. The van der Waals surface area contributed by atoms with E-state index in [1.54, 1.807) is 13.8 Å². The number of nitrogens with two attached hydrogens (primary N) is 1. The van der Waals surface area contributed by atoms with Crippen LogP contribution in [0.3, 0.4) is 0 Å². The number of imidazole rings is 1. The third-order valence-electron chi connectivity index (χ3n) is 4.67. The Morgan fingerprint density at radius 1 is 1.44 bits per heavy atom. The Morgan fingerprint density at radius 3 is 2.70 bits per heavy atom. The van der Waals surface area contributed by atoms with E-state index in [1.807, 2.05) is 0 Å². The first kappa shape index (κ1) is 19.4. The fourth-order valence-electron chi connectivity index (χ4n) is 3.43. The zero-order chi connectivity index (χ0) is 20.1. The van der Waals surface area contributed by atoms with Gasteiger partial charge in [0.25, 0.3) is 5.56 Å². The Hall–Kier alpha value is -2.34. The maximum absolute atomic E-state index is 12.9. The lowest BCUT2D eigenvalue weighted by Crippen LogP contribution is -2.34. The van der Waals surface area contributed by atoms with Gasteiger partial charge in [0.1, 0.15) is 12.8 Å². The summed E-state index contributed by atoms with van der Waals surface area (Å²) in [6, 6.07) is 0. The number of fused-ring (bicyclic) bond motifs is 1. The minimum atomic E-state index is -4.72. The van der Waals surface area contributed by atoms with Crippen LogP contribution in [-0.2, 0) is 11.3 Å². The molecule has 9 nitrogen and oxygen atoms in total. The number of anilines is 1. The Bertz CT molecular complexity index is 963. The zero-order valence-corrected chi connectivity index (χ0v) is 14.7. The number of alkyl halides is 3. The summed E-state index contributed by atoms with van der Waals surface area (Å²) in [6.07, 6.45) is -6.24. The highest BCUT2D eigenvalue weighted by molar-refractivity contribution is 5.71. The van der Waals surface area contributed by atoms with Gasteiger partial charge in [0.05, 0.1) is 12.2 Å². The molecule has 1 saturated heterocycles. The summed E-state index contributed by atoms with van der Waals surface area (Å²) in [4.78, 5) is 30.9. The van der Waals surface area contributed by atoms with Gasteiger partial charge in [-0.15, -0.1) is 0 Å². The predicted octanol–water partition coefficient (Wildman–Crippen LogP) is 0.725. The van der Waals surface area contributed by atoms with Gasteiger partial charge in [-0.3, -0.25) is 14.3 Å². The molecular formula is C15H20F3N5O4. The van der Waals surface area contributed by atoms with Crippen LogP contribution in [0, 0.1) is 5.92 Å². The van der Waals surface area contributed by atoms with E-state index in [4.69, 9.17) is 10.5 Å². The normalized spacial score (nSPS) is 24.6. The second-order valence-corrected chi connectivity index (χ2v) is 6.73. The quantitative estimate of drug-likeness (QED) is 0.705. The van der Waals surface area contributed by atoms with Crippen LogP contribution in [-0.4, -0.2) is 42.6 Å². The molecule has 1 aliphatic heterocycles. The number of aliphatic hydroxyl groups is 1. The topological polar surface area (TPSA) is 128 Å². The molecule has 3 rings (SSSR count). The molecule has 4 N–H and O–H groups in total. The molecule has 0 saturated carbocycles. The second kappa shape index (κ2) is 6.68. The first-order chi connectivity index (χ1) is 12.5. The number of nitrogens with zero attached hydrogens (tertiary/aromatic N) is 3. The molecule has 0 aromatic carbocycles. The van der Waals surface area contributed by atoms with Crippen LogP contribution < -0.4 is 17.0 Å². The molecule has 0 radical (unpaired) electrons. The molecule has 150 valence electrons. The van der Waals surface area contributed by atoms with Crippen molar-refractivity contribution in [3.63, 3.8) is 0 Å². The van der Waals surface area contributed by atoms with Crippen molar-refractivity contribution in [2.24, 2.45) is 5.92 Å². The molecule has 3 heterocycles. The maximum Gasteiger partial charge on any atom is 0.406 e.